The maximum Gasteiger partial charge on any atom is 0.417 e. The molecule has 1 aromatic rings. The molecule has 0 atom stereocenters. The number of carbonyl (C=O) groups excluding carboxylic acids is 1. The first-order chi connectivity index (χ1) is 9.41. The lowest BCUT2D eigenvalue weighted by molar-refractivity contribution is -0.137. The number of rotatable bonds is 2. The summed E-state index contributed by atoms with van der Waals surface area (Å²) in [6.07, 6.45) is -2.06. The quantitative estimate of drug-likeness (QED) is 0.882. The van der Waals surface area contributed by atoms with Crippen molar-refractivity contribution < 1.29 is 18.0 Å². The van der Waals surface area contributed by atoms with Gasteiger partial charge in [-0.25, -0.2) is 0 Å². The molecule has 1 aromatic heterocycles. The highest BCUT2D eigenvalue weighted by Crippen LogP contribution is 2.28. The number of halogens is 5. The summed E-state index contributed by atoms with van der Waals surface area (Å²) in [5.74, 6) is -0.312. The van der Waals surface area contributed by atoms with Gasteiger partial charge in [-0.15, -0.1) is 24.8 Å². The highest BCUT2D eigenvalue weighted by atomic mass is 35.5. The number of hydrogen-bond donors (Lipinski definition) is 1. The van der Waals surface area contributed by atoms with E-state index in [-0.39, 0.29) is 36.4 Å². The van der Waals surface area contributed by atoms with E-state index in [9.17, 15) is 18.0 Å². The second-order valence-corrected chi connectivity index (χ2v) is 4.79. The summed E-state index contributed by atoms with van der Waals surface area (Å²) in [5, 5.41) is 3.15. The number of piperidine rings is 1. The third-order valence-corrected chi connectivity index (χ3v) is 3.50. The molecule has 0 spiro atoms. The van der Waals surface area contributed by atoms with Crippen molar-refractivity contribution >= 4 is 30.7 Å². The molecule has 126 valence electrons. The van der Waals surface area contributed by atoms with Crippen molar-refractivity contribution in [2.45, 2.75) is 25.1 Å². The number of likely N-dealkylation sites (tertiary alicyclic amines) is 1. The molecule has 1 aliphatic heterocycles. The van der Waals surface area contributed by atoms with Crippen LogP contribution in [0.4, 0.5) is 13.2 Å². The van der Waals surface area contributed by atoms with Gasteiger partial charge < -0.3 is 10.2 Å². The molecule has 0 saturated carbocycles. The number of amides is 1. The van der Waals surface area contributed by atoms with Crippen LogP contribution < -0.4 is 5.32 Å². The van der Waals surface area contributed by atoms with Crippen LogP contribution in [0.1, 0.15) is 28.9 Å². The third kappa shape index (κ3) is 5.00. The molecule has 2 rings (SSSR count). The number of nitrogens with one attached hydrogen (secondary N) is 1. The minimum Gasteiger partial charge on any atom is -0.337 e. The second kappa shape index (κ2) is 8.55. The minimum absolute atomic E-state index is 0. The number of hydrogen-bond acceptors (Lipinski definition) is 3. The lowest BCUT2D eigenvalue weighted by Gasteiger charge is -2.31. The largest absolute Gasteiger partial charge is 0.417 e. The molecule has 0 bridgehead atoms. The van der Waals surface area contributed by atoms with Crippen molar-refractivity contribution in [3.8, 4) is 0 Å². The Morgan fingerprint density at radius 3 is 2.27 bits per heavy atom. The zero-order valence-electron chi connectivity index (χ0n) is 11.9. The monoisotopic (exact) mass is 359 g/mol. The van der Waals surface area contributed by atoms with Crippen LogP contribution in [-0.4, -0.2) is 42.0 Å². The smallest absolute Gasteiger partial charge is 0.337 e. The molecular weight excluding hydrogens is 342 g/mol. The van der Waals surface area contributed by atoms with Crippen LogP contribution >= 0.6 is 24.8 Å². The second-order valence-electron chi connectivity index (χ2n) is 4.79. The van der Waals surface area contributed by atoms with Crippen LogP contribution in [0.15, 0.2) is 18.3 Å². The molecule has 0 unspecified atom stereocenters. The van der Waals surface area contributed by atoms with Crippen LogP contribution in [0.3, 0.4) is 0 Å². The van der Waals surface area contributed by atoms with E-state index >= 15 is 0 Å². The van der Waals surface area contributed by atoms with Crippen molar-refractivity contribution in [2.24, 2.45) is 0 Å². The summed E-state index contributed by atoms with van der Waals surface area (Å²) in [7, 11) is 1.87. The average Bonchev–Trinajstić information content (AvgIpc) is 2.46. The Bertz CT molecular complexity index is 474. The summed E-state index contributed by atoms with van der Waals surface area (Å²) in [4.78, 5) is 17.4. The van der Waals surface area contributed by atoms with Gasteiger partial charge in [0.05, 0.1) is 5.56 Å². The molecule has 9 heteroatoms. The van der Waals surface area contributed by atoms with Gasteiger partial charge in [0.2, 0.25) is 0 Å². The van der Waals surface area contributed by atoms with Crippen LogP contribution in [-0.2, 0) is 6.18 Å². The van der Waals surface area contributed by atoms with Gasteiger partial charge in [-0.1, -0.05) is 0 Å². The summed E-state index contributed by atoms with van der Waals surface area (Å²) in [5.41, 5.74) is -0.788. The van der Waals surface area contributed by atoms with Gasteiger partial charge in [0.15, 0.2) is 0 Å². The van der Waals surface area contributed by atoms with Gasteiger partial charge in [0.25, 0.3) is 5.91 Å². The third-order valence-electron chi connectivity index (χ3n) is 3.50. The first-order valence-electron chi connectivity index (χ1n) is 6.41. The molecule has 1 fully saturated rings. The summed E-state index contributed by atoms with van der Waals surface area (Å²) < 4.78 is 37.2. The summed E-state index contributed by atoms with van der Waals surface area (Å²) in [6.45, 7) is 1.18. The highest BCUT2D eigenvalue weighted by molar-refractivity contribution is 5.92. The Balaban J connectivity index is 0.00000220. The zero-order chi connectivity index (χ0) is 14.8. The number of nitrogens with zero attached hydrogens (tertiary/aromatic N) is 2. The van der Waals surface area contributed by atoms with Gasteiger partial charge in [-0.05, 0) is 32.0 Å². The number of carbonyl (C=O) groups is 1. The van der Waals surface area contributed by atoms with Gasteiger partial charge in [0.1, 0.15) is 5.69 Å². The molecule has 0 aliphatic carbocycles. The number of pyridine rings is 1. The van der Waals surface area contributed by atoms with Crippen molar-refractivity contribution in [3.05, 3.63) is 29.6 Å². The normalized spacial score (nSPS) is 15.7. The minimum atomic E-state index is -4.43. The van der Waals surface area contributed by atoms with E-state index in [1.165, 1.54) is 0 Å². The van der Waals surface area contributed by atoms with E-state index in [4.69, 9.17) is 0 Å². The van der Waals surface area contributed by atoms with Crippen molar-refractivity contribution in [1.29, 1.82) is 0 Å². The fourth-order valence-electron chi connectivity index (χ4n) is 2.22. The Morgan fingerprint density at radius 1 is 1.27 bits per heavy atom. The lowest BCUT2D eigenvalue weighted by Crippen LogP contribution is -2.44. The maximum absolute atomic E-state index is 12.4. The average molecular weight is 360 g/mol. The first-order valence-corrected chi connectivity index (χ1v) is 6.41. The van der Waals surface area contributed by atoms with E-state index in [0.717, 1.165) is 25.0 Å². The number of alkyl halides is 3. The van der Waals surface area contributed by atoms with Crippen LogP contribution in [0.2, 0.25) is 0 Å². The molecule has 2 heterocycles. The van der Waals surface area contributed by atoms with Gasteiger partial charge in [0, 0.05) is 25.3 Å². The molecule has 1 amide bonds. The Hall–Kier alpha value is -1.05. The van der Waals surface area contributed by atoms with Gasteiger partial charge >= 0.3 is 6.18 Å². The number of aromatic nitrogens is 1. The predicted octanol–water partition coefficient (Wildman–Crippen LogP) is 2.77. The molecule has 4 nitrogen and oxygen atoms in total. The van der Waals surface area contributed by atoms with E-state index in [1.807, 2.05) is 7.05 Å². The molecule has 0 radical (unpaired) electrons. The van der Waals surface area contributed by atoms with Gasteiger partial charge in [-0.2, -0.15) is 13.2 Å². The Kier molecular flexibility index (Phi) is 8.14. The van der Waals surface area contributed by atoms with Crippen LogP contribution in [0.25, 0.3) is 0 Å². The van der Waals surface area contributed by atoms with Crippen LogP contribution in [0.5, 0.6) is 0 Å². The molecule has 0 aromatic carbocycles. The van der Waals surface area contributed by atoms with Crippen LogP contribution in [0, 0.1) is 0 Å². The highest BCUT2D eigenvalue weighted by Gasteiger charge is 2.31. The molecule has 1 aliphatic rings. The Labute approximate surface area is 139 Å². The molecular formula is C13H18Cl2F3N3O. The lowest BCUT2D eigenvalue weighted by atomic mass is 10.0. The van der Waals surface area contributed by atoms with E-state index < -0.39 is 11.7 Å². The summed E-state index contributed by atoms with van der Waals surface area (Å²) in [6, 6.07) is 2.41. The van der Waals surface area contributed by atoms with Crippen molar-refractivity contribution in [1.82, 2.24) is 15.2 Å². The maximum atomic E-state index is 12.4. The van der Waals surface area contributed by atoms with Crippen molar-refractivity contribution in [3.63, 3.8) is 0 Å². The first kappa shape index (κ1) is 20.9. The van der Waals surface area contributed by atoms with Gasteiger partial charge in [-0.3, -0.25) is 9.78 Å². The molecule has 22 heavy (non-hydrogen) atoms. The van der Waals surface area contributed by atoms with Crippen molar-refractivity contribution in [2.75, 3.05) is 20.1 Å². The SMILES string of the molecule is CNC1CCN(C(=O)c2ccc(C(F)(F)F)cn2)CC1.Cl.Cl. The Morgan fingerprint density at radius 2 is 1.86 bits per heavy atom. The zero-order valence-corrected chi connectivity index (χ0v) is 13.5. The van der Waals surface area contributed by atoms with E-state index in [0.29, 0.717) is 25.3 Å². The van der Waals surface area contributed by atoms with E-state index in [1.54, 1.807) is 4.90 Å². The molecule has 1 saturated heterocycles. The fourth-order valence-corrected chi connectivity index (χ4v) is 2.22. The summed E-state index contributed by atoms with van der Waals surface area (Å²) >= 11 is 0. The van der Waals surface area contributed by atoms with E-state index in [2.05, 4.69) is 10.3 Å². The molecule has 1 N–H and O–H groups in total. The fraction of sp³-hybridized carbons (Fsp3) is 0.538. The topological polar surface area (TPSA) is 45.2 Å². The predicted molar refractivity (Wildman–Crippen MR) is 81.7 cm³/mol. The standard InChI is InChI=1S/C13H16F3N3O.2ClH/c1-17-10-4-6-19(7-5-10)12(20)11-3-2-9(8-18-11)13(14,15)16;;/h2-3,8,10,17H,4-7H2,1H3;2*1H.